The van der Waals surface area contributed by atoms with Gasteiger partial charge in [-0.05, 0) is 5.92 Å². The van der Waals surface area contributed by atoms with Gasteiger partial charge in [-0.15, -0.1) is 0 Å². The van der Waals surface area contributed by atoms with Crippen LogP contribution in [-0.2, 0) is 4.79 Å². The molecule has 1 amide bonds. The zero-order chi connectivity index (χ0) is 11.4. The third-order valence-corrected chi connectivity index (χ3v) is 2.33. The van der Waals surface area contributed by atoms with Crippen molar-refractivity contribution in [2.45, 2.75) is 20.3 Å². The Hall–Kier alpha value is -1.65. The number of primary amides is 1. The molecule has 0 aliphatic heterocycles. The number of aromatic amines is 1. The third kappa shape index (κ3) is 2.90. The monoisotopic (exact) mass is 209 g/mol. The van der Waals surface area contributed by atoms with Gasteiger partial charge < -0.3 is 10.7 Å². The SMILES string of the molecule is CC(C)C(CC(N)=O)C(=O)c1cnc[nH]1. The first-order valence-corrected chi connectivity index (χ1v) is 4.83. The number of amides is 1. The zero-order valence-electron chi connectivity index (χ0n) is 8.86. The van der Waals surface area contributed by atoms with Crippen molar-refractivity contribution in [1.29, 1.82) is 0 Å². The summed E-state index contributed by atoms with van der Waals surface area (Å²) in [7, 11) is 0. The summed E-state index contributed by atoms with van der Waals surface area (Å²) in [5.41, 5.74) is 5.53. The van der Waals surface area contributed by atoms with E-state index in [4.69, 9.17) is 5.73 Å². The fraction of sp³-hybridized carbons (Fsp3) is 0.500. The lowest BCUT2D eigenvalue weighted by Crippen LogP contribution is -2.27. The molecule has 82 valence electrons. The number of aromatic nitrogens is 2. The van der Waals surface area contributed by atoms with Gasteiger partial charge in [0.25, 0.3) is 0 Å². The van der Waals surface area contributed by atoms with Crippen molar-refractivity contribution >= 4 is 11.7 Å². The molecule has 1 heterocycles. The van der Waals surface area contributed by atoms with E-state index >= 15 is 0 Å². The summed E-state index contributed by atoms with van der Waals surface area (Å²) in [6.07, 6.45) is 2.98. The quantitative estimate of drug-likeness (QED) is 0.701. The van der Waals surface area contributed by atoms with Gasteiger partial charge in [-0.2, -0.15) is 0 Å². The molecule has 1 atom stereocenters. The van der Waals surface area contributed by atoms with E-state index in [0.717, 1.165) is 0 Å². The van der Waals surface area contributed by atoms with Crippen LogP contribution >= 0.6 is 0 Å². The molecular formula is C10H15N3O2. The van der Waals surface area contributed by atoms with Gasteiger partial charge in [0.05, 0.1) is 12.5 Å². The third-order valence-electron chi connectivity index (χ3n) is 2.33. The van der Waals surface area contributed by atoms with Crippen molar-refractivity contribution in [3.63, 3.8) is 0 Å². The van der Waals surface area contributed by atoms with E-state index < -0.39 is 5.91 Å². The standard InChI is InChI=1S/C10H15N3O2/c1-6(2)7(3-9(11)14)10(15)8-4-12-5-13-8/h4-7H,3H2,1-2H3,(H2,11,14)(H,12,13). The summed E-state index contributed by atoms with van der Waals surface area (Å²) in [6, 6.07) is 0. The molecule has 0 fully saturated rings. The van der Waals surface area contributed by atoms with E-state index in [-0.39, 0.29) is 24.0 Å². The molecule has 0 saturated carbocycles. The Kier molecular flexibility index (Phi) is 3.60. The van der Waals surface area contributed by atoms with Crippen LogP contribution in [-0.4, -0.2) is 21.7 Å². The second kappa shape index (κ2) is 4.72. The van der Waals surface area contributed by atoms with E-state index in [2.05, 4.69) is 9.97 Å². The minimum atomic E-state index is -0.457. The fourth-order valence-corrected chi connectivity index (χ4v) is 1.44. The molecule has 0 aliphatic carbocycles. The van der Waals surface area contributed by atoms with Gasteiger partial charge in [0.1, 0.15) is 5.69 Å². The number of nitrogens with zero attached hydrogens (tertiary/aromatic N) is 1. The molecule has 0 bridgehead atoms. The molecular weight excluding hydrogens is 194 g/mol. The van der Waals surface area contributed by atoms with Crippen LogP contribution in [0.2, 0.25) is 0 Å². The predicted molar refractivity (Wildman–Crippen MR) is 55.1 cm³/mol. The molecule has 1 unspecified atom stereocenters. The van der Waals surface area contributed by atoms with Gasteiger partial charge in [0, 0.05) is 12.3 Å². The van der Waals surface area contributed by atoms with Crippen LogP contribution in [0.4, 0.5) is 0 Å². The summed E-state index contributed by atoms with van der Waals surface area (Å²) in [6.45, 7) is 3.78. The first kappa shape index (κ1) is 11.4. The van der Waals surface area contributed by atoms with Gasteiger partial charge in [-0.1, -0.05) is 13.8 Å². The molecule has 1 rings (SSSR count). The van der Waals surface area contributed by atoms with Crippen molar-refractivity contribution in [2.24, 2.45) is 17.6 Å². The molecule has 1 aromatic rings. The molecule has 15 heavy (non-hydrogen) atoms. The molecule has 1 aromatic heterocycles. The number of carbonyl (C=O) groups excluding carboxylic acids is 2. The van der Waals surface area contributed by atoms with Gasteiger partial charge in [0.15, 0.2) is 5.78 Å². The van der Waals surface area contributed by atoms with Crippen LogP contribution in [0.1, 0.15) is 30.8 Å². The minimum absolute atomic E-state index is 0.0771. The fourth-order valence-electron chi connectivity index (χ4n) is 1.44. The van der Waals surface area contributed by atoms with E-state index in [9.17, 15) is 9.59 Å². The van der Waals surface area contributed by atoms with Crippen LogP contribution in [0.25, 0.3) is 0 Å². The Morgan fingerprint density at radius 2 is 2.20 bits per heavy atom. The number of imidazole rings is 1. The number of nitrogens with one attached hydrogen (secondary N) is 1. The maximum atomic E-state index is 11.9. The Balaban J connectivity index is 2.81. The first-order valence-electron chi connectivity index (χ1n) is 4.83. The molecule has 0 aromatic carbocycles. The number of hydrogen-bond donors (Lipinski definition) is 2. The summed E-state index contributed by atoms with van der Waals surface area (Å²) in [5, 5.41) is 0. The summed E-state index contributed by atoms with van der Waals surface area (Å²) in [5.74, 6) is -0.862. The van der Waals surface area contributed by atoms with Gasteiger partial charge in [-0.3, -0.25) is 9.59 Å². The molecule has 5 heteroatoms. The van der Waals surface area contributed by atoms with Crippen LogP contribution < -0.4 is 5.73 Å². The maximum absolute atomic E-state index is 11.9. The van der Waals surface area contributed by atoms with Crippen LogP contribution in [0, 0.1) is 11.8 Å². The largest absolute Gasteiger partial charge is 0.370 e. The Labute approximate surface area is 88.1 Å². The van der Waals surface area contributed by atoms with E-state index in [1.54, 1.807) is 0 Å². The average molecular weight is 209 g/mol. The molecule has 0 radical (unpaired) electrons. The van der Waals surface area contributed by atoms with E-state index in [1.807, 2.05) is 13.8 Å². The van der Waals surface area contributed by atoms with Crippen molar-refractivity contribution in [3.05, 3.63) is 18.2 Å². The predicted octanol–water partition coefficient (Wildman–Crippen LogP) is 0.740. The molecule has 3 N–H and O–H groups in total. The highest BCUT2D eigenvalue weighted by Gasteiger charge is 2.25. The zero-order valence-corrected chi connectivity index (χ0v) is 8.86. The highest BCUT2D eigenvalue weighted by molar-refractivity contribution is 5.98. The number of H-pyrrole nitrogens is 1. The summed E-state index contributed by atoms with van der Waals surface area (Å²) >= 11 is 0. The van der Waals surface area contributed by atoms with Crippen molar-refractivity contribution in [2.75, 3.05) is 0 Å². The van der Waals surface area contributed by atoms with Crippen LogP contribution in [0.5, 0.6) is 0 Å². The number of nitrogens with two attached hydrogens (primary N) is 1. The minimum Gasteiger partial charge on any atom is -0.370 e. The first-order chi connectivity index (χ1) is 7.02. The number of Topliss-reactive ketones (excluding diaryl/α,β-unsaturated/α-hetero) is 1. The van der Waals surface area contributed by atoms with Crippen LogP contribution in [0.3, 0.4) is 0 Å². The molecule has 5 nitrogen and oxygen atoms in total. The number of carbonyl (C=O) groups is 2. The molecule has 0 spiro atoms. The normalized spacial score (nSPS) is 12.7. The molecule has 0 saturated heterocycles. The van der Waals surface area contributed by atoms with Gasteiger partial charge in [-0.25, -0.2) is 4.98 Å². The summed E-state index contributed by atoms with van der Waals surface area (Å²) < 4.78 is 0. The second-order valence-electron chi connectivity index (χ2n) is 3.85. The van der Waals surface area contributed by atoms with Crippen molar-refractivity contribution in [1.82, 2.24) is 9.97 Å². The van der Waals surface area contributed by atoms with Gasteiger partial charge >= 0.3 is 0 Å². The number of ketones is 1. The maximum Gasteiger partial charge on any atom is 0.218 e. The molecule has 0 aliphatic rings. The average Bonchev–Trinajstić information content (AvgIpc) is 2.65. The summed E-state index contributed by atoms with van der Waals surface area (Å²) in [4.78, 5) is 29.2. The Morgan fingerprint density at radius 3 is 2.60 bits per heavy atom. The van der Waals surface area contributed by atoms with E-state index in [0.29, 0.717) is 5.69 Å². The van der Waals surface area contributed by atoms with E-state index in [1.165, 1.54) is 12.5 Å². The van der Waals surface area contributed by atoms with Crippen LogP contribution in [0.15, 0.2) is 12.5 Å². The Bertz CT molecular complexity index is 344. The number of hydrogen-bond acceptors (Lipinski definition) is 3. The topological polar surface area (TPSA) is 88.8 Å². The van der Waals surface area contributed by atoms with Gasteiger partial charge in [0.2, 0.25) is 5.91 Å². The highest BCUT2D eigenvalue weighted by Crippen LogP contribution is 2.19. The smallest absolute Gasteiger partial charge is 0.218 e. The second-order valence-corrected chi connectivity index (χ2v) is 3.85. The van der Waals surface area contributed by atoms with Crippen molar-refractivity contribution in [3.8, 4) is 0 Å². The lowest BCUT2D eigenvalue weighted by Gasteiger charge is -2.16. The lowest BCUT2D eigenvalue weighted by molar-refractivity contribution is -0.118. The van der Waals surface area contributed by atoms with Crippen molar-refractivity contribution < 1.29 is 9.59 Å². The lowest BCUT2D eigenvalue weighted by atomic mass is 9.87. The number of rotatable bonds is 5. The Morgan fingerprint density at radius 1 is 1.53 bits per heavy atom. The highest BCUT2D eigenvalue weighted by atomic mass is 16.1.